The number of hydrogen-bond acceptors (Lipinski definition) is 1. The summed E-state index contributed by atoms with van der Waals surface area (Å²) in [7, 11) is 0. The minimum atomic E-state index is -0.588. The first-order valence-electron chi connectivity index (χ1n) is 2.66. The summed E-state index contributed by atoms with van der Waals surface area (Å²) in [6, 6.07) is 0.398. The van der Waals surface area contributed by atoms with Crippen LogP contribution in [-0.4, -0.2) is 18.8 Å². The van der Waals surface area contributed by atoms with E-state index < -0.39 is 6.17 Å². The van der Waals surface area contributed by atoms with Crippen LogP contribution in [0.4, 0.5) is 4.39 Å². The summed E-state index contributed by atoms with van der Waals surface area (Å²) in [6.45, 7) is 2.56. The van der Waals surface area contributed by atoms with Gasteiger partial charge in [0.15, 0.2) is 0 Å². The Balaban J connectivity index is 2.26. The maximum Gasteiger partial charge on any atom is 0.114 e. The summed E-state index contributed by atoms with van der Waals surface area (Å²) in [6.07, 6.45) is 0.106. The first-order chi connectivity index (χ1) is 3.29. The lowest BCUT2D eigenvalue weighted by Gasteiger charge is -1.94. The van der Waals surface area contributed by atoms with Gasteiger partial charge in [-0.2, -0.15) is 0 Å². The fraction of sp³-hybridized carbons (Fsp3) is 1.00. The minimum Gasteiger partial charge on any atom is -0.311 e. The monoisotopic (exact) mass is 103 g/mol. The van der Waals surface area contributed by atoms with Gasteiger partial charge in [0.2, 0.25) is 0 Å². The minimum absolute atomic E-state index is 0.398. The van der Waals surface area contributed by atoms with Crippen LogP contribution < -0.4 is 5.32 Å². The molecule has 0 radical (unpaired) electrons. The molecule has 0 bridgehead atoms. The van der Waals surface area contributed by atoms with E-state index in [0.717, 1.165) is 0 Å². The molecule has 1 nitrogen and oxygen atoms in total. The van der Waals surface area contributed by atoms with Crippen molar-refractivity contribution in [3.63, 3.8) is 0 Å². The Labute approximate surface area is 42.9 Å². The van der Waals surface area contributed by atoms with E-state index in [4.69, 9.17) is 0 Å². The number of halogens is 1. The van der Waals surface area contributed by atoms with Crippen molar-refractivity contribution in [2.75, 3.05) is 6.54 Å². The molecule has 1 aliphatic heterocycles. The van der Waals surface area contributed by atoms with Gasteiger partial charge in [0.05, 0.1) is 0 Å². The van der Waals surface area contributed by atoms with Crippen molar-refractivity contribution in [2.45, 2.75) is 25.6 Å². The molecule has 42 valence electrons. The second-order valence-electron chi connectivity index (χ2n) is 2.14. The van der Waals surface area contributed by atoms with Crippen molar-refractivity contribution in [3.8, 4) is 0 Å². The van der Waals surface area contributed by atoms with Crippen LogP contribution in [0.25, 0.3) is 0 Å². The third-order valence-electron chi connectivity index (χ3n) is 1.30. The maximum absolute atomic E-state index is 12.1. The molecule has 2 atom stereocenters. The van der Waals surface area contributed by atoms with Crippen LogP contribution in [0.1, 0.15) is 13.3 Å². The highest BCUT2D eigenvalue weighted by atomic mass is 19.1. The Hall–Kier alpha value is -0.110. The van der Waals surface area contributed by atoms with Crippen LogP contribution in [-0.2, 0) is 0 Å². The Morgan fingerprint density at radius 3 is 2.57 bits per heavy atom. The highest BCUT2D eigenvalue weighted by molar-refractivity contribution is 4.76. The summed E-state index contributed by atoms with van der Waals surface area (Å²) in [5.41, 5.74) is 0. The van der Waals surface area contributed by atoms with E-state index >= 15 is 0 Å². The number of alkyl halides is 1. The number of hydrogen-bond donors (Lipinski definition) is 1. The number of rotatable bonds is 0. The van der Waals surface area contributed by atoms with E-state index in [1.165, 1.54) is 0 Å². The third-order valence-corrected chi connectivity index (χ3v) is 1.30. The van der Waals surface area contributed by atoms with Gasteiger partial charge in [0.1, 0.15) is 6.17 Å². The van der Waals surface area contributed by atoms with Gasteiger partial charge in [-0.05, 0) is 13.3 Å². The highest BCUT2D eigenvalue weighted by Crippen LogP contribution is 2.07. The molecule has 0 aromatic heterocycles. The molecular formula is C5H10FN. The predicted molar refractivity (Wildman–Crippen MR) is 27.0 cm³/mol. The average Bonchev–Trinajstić information content (AvgIpc) is 1.87. The molecule has 1 aliphatic rings. The predicted octanol–water partition coefficient (Wildman–Crippen LogP) is 0.706. The van der Waals surface area contributed by atoms with Gasteiger partial charge in [-0.1, -0.05) is 0 Å². The quantitative estimate of drug-likeness (QED) is 0.476. The molecule has 0 spiro atoms. The summed E-state index contributed by atoms with van der Waals surface area (Å²) in [5, 5.41) is 2.99. The molecule has 1 rings (SSSR count). The van der Waals surface area contributed by atoms with Crippen LogP contribution in [0.5, 0.6) is 0 Å². The molecule has 1 fully saturated rings. The molecule has 7 heavy (non-hydrogen) atoms. The standard InChI is InChI=1S/C5H10FN/c1-4-2-5(6)3-7-4/h4-5,7H,2-3H2,1H3/t4-,5?/m1/s1. The van der Waals surface area contributed by atoms with Crippen molar-refractivity contribution in [2.24, 2.45) is 0 Å². The van der Waals surface area contributed by atoms with Gasteiger partial charge in [-0.3, -0.25) is 0 Å². The van der Waals surface area contributed by atoms with Gasteiger partial charge >= 0.3 is 0 Å². The topological polar surface area (TPSA) is 12.0 Å². The largest absolute Gasteiger partial charge is 0.311 e. The van der Waals surface area contributed by atoms with Gasteiger partial charge in [0.25, 0.3) is 0 Å². The maximum atomic E-state index is 12.1. The lowest BCUT2D eigenvalue weighted by atomic mass is 10.2. The van der Waals surface area contributed by atoms with Gasteiger partial charge in [-0.25, -0.2) is 4.39 Å². The molecule has 1 saturated heterocycles. The molecule has 1 N–H and O–H groups in total. The Kier molecular flexibility index (Phi) is 1.28. The van der Waals surface area contributed by atoms with Crippen molar-refractivity contribution in [3.05, 3.63) is 0 Å². The molecule has 0 aromatic carbocycles. The van der Waals surface area contributed by atoms with E-state index in [1.807, 2.05) is 6.92 Å². The molecule has 0 saturated carbocycles. The first-order valence-corrected chi connectivity index (χ1v) is 2.66. The average molecular weight is 103 g/mol. The highest BCUT2D eigenvalue weighted by Gasteiger charge is 2.18. The zero-order valence-corrected chi connectivity index (χ0v) is 4.45. The SMILES string of the molecule is C[C@@H]1CC(F)CN1. The zero-order valence-electron chi connectivity index (χ0n) is 4.45. The van der Waals surface area contributed by atoms with Crippen molar-refractivity contribution >= 4 is 0 Å². The second-order valence-corrected chi connectivity index (χ2v) is 2.14. The van der Waals surface area contributed by atoms with Crippen molar-refractivity contribution < 1.29 is 4.39 Å². The van der Waals surface area contributed by atoms with Gasteiger partial charge in [0, 0.05) is 12.6 Å². The van der Waals surface area contributed by atoms with Crippen molar-refractivity contribution in [1.82, 2.24) is 5.32 Å². The normalized spacial score (nSPS) is 42.0. The summed E-state index contributed by atoms with van der Waals surface area (Å²) >= 11 is 0. The smallest absolute Gasteiger partial charge is 0.114 e. The van der Waals surface area contributed by atoms with Gasteiger partial charge < -0.3 is 5.32 Å². The van der Waals surface area contributed by atoms with Crippen LogP contribution in [0.15, 0.2) is 0 Å². The summed E-state index contributed by atoms with van der Waals surface area (Å²) < 4.78 is 12.1. The molecule has 2 heteroatoms. The van der Waals surface area contributed by atoms with Crippen molar-refractivity contribution in [1.29, 1.82) is 0 Å². The molecular weight excluding hydrogens is 93.1 g/mol. The molecule has 0 aromatic rings. The molecule has 1 unspecified atom stereocenters. The fourth-order valence-electron chi connectivity index (χ4n) is 0.879. The first kappa shape index (κ1) is 5.04. The van der Waals surface area contributed by atoms with Crippen LogP contribution in [0.2, 0.25) is 0 Å². The van der Waals surface area contributed by atoms with E-state index in [2.05, 4.69) is 5.32 Å². The van der Waals surface area contributed by atoms with Crippen LogP contribution >= 0.6 is 0 Å². The third kappa shape index (κ3) is 1.13. The molecule has 0 aliphatic carbocycles. The van der Waals surface area contributed by atoms with Gasteiger partial charge in [-0.15, -0.1) is 0 Å². The van der Waals surface area contributed by atoms with E-state index in [9.17, 15) is 4.39 Å². The molecule has 0 amide bonds. The van der Waals surface area contributed by atoms with Crippen LogP contribution in [0.3, 0.4) is 0 Å². The molecule has 1 heterocycles. The fourth-order valence-corrected chi connectivity index (χ4v) is 0.879. The lowest BCUT2D eigenvalue weighted by molar-refractivity contribution is 0.357. The zero-order chi connectivity index (χ0) is 5.28. The Bertz CT molecular complexity index is 57.1. The summed E-state index contributed by atoms with van der Waals surface area (Å²) in [5.74, 6) is 0. The van der Waals surface area contributed by atoms with E-state index in [-0.39, 0.29) is 0 Å². The van der Waals surface area contributed by atoms with E-state index in [0.29, 0.717) is 19.0 Å². The Morgan fingerprint density at radius 1 is 1.71 bits per heavy atom. The van der Waals surface area contributed by atoms with E-state index in [1.54, 1.807) is 0 Å². The second kappa shape index (κ2) is 1.78. The lowest BCUT2D eigenvalue weighted by Crippen LogP contribution is -2.16. The van der Waals surface area contributed by atoms with Crippen LogP contribution in [0, 0.1) is 0 Å². The summed E-state index contributed by atoms with van der Waals surface area (Å²) in [4.78, 5) is 0. The Morgan fingerprint density at radius 2 is 2.43 bits per heavy atom. The number of nitrogens with one attached hydrogen (secondary N) is 1.